The standard InChI is InChI=1S/C6H13N3O.C4H6O4/c7-6(8)9-3-1-2-5(9)4-10;5-3(6)1-2-4(7)8/h5,10H,1-4H2,(H3,7,8);1-2H2,(H,5,6)(H,7,8). The molecule has 8 heteroatoms. The van der Waals surface area contributed by atoms with Gasteiger partial charge in [-0.3, -0.25) is 15.0 Å². The van der Waals surface area contributed by atoms with Gasteiger partial charge in [0.15, 0.2) is 5.96 Å². The highest BCUT2D eigenvalue weighted by Crippen LogP contribution is 2.14. The molecule has 0 bridgehead atoms. The van der Waals surface area contributed by atoms with Gasteiger partial charge in [-0.25, -0.2) is 0 Å². The number of nitrogens with one attached hydrogen (secondary N) is 1. The number of likely N-dealkylation sites (tertiary alicyclic amines) is 1. The number of guanidine groups is 1. The number of hydrogen-bond acceptors (Lipinski definition) is 4. The first-order chi connectivity index (χ1) is 8.38. The van der Waals surface area contributed by atoms with Crippen molar-refractivity contribution in [3.63, 3.8) is 0 Å². The monoisotopic (exact) mass is 261 g/mol. The van der Waals surface area contributed by atoms with E-state index in [2.05, 4.69) is 0 Å². The highest BCUT2D eigenvalue weighted by atomic mass is 16.4. The lowest BCUT2D eigenvalue weighted by atomic mass is 10.2. The summed E-state index contributed by atoms with van der Waals surface area (Å²) < 4.78 is 0. The van der Waals surface area contributed by atoms with E-state index in [0.29, 0.717) is 0 Å². The van der Waals surface area contributed by atoms with Crippen LogP contribution >= 0.6 is 0 Å². The molecule has 0 amide bonds. The van der Waals surface area contributed by atoms with E-state index >= 15 is 0 Å². The van der Waals surface area contributed by atoms with Gasteiger partial charge in [-0.2, -0.15) is 0 Å². The Morgan fingerprint density at radius 3 is 2.06 bits per heavy atom. The molecule has 1 saturated heterocycles. The van der Waals surface area contributed by atoms with E-state index in [-0.39, 0.29) is 31.4 Å². The van der Waals surface area contributed by atoms with Crippen molar-refractivity contribution in [2.45, 2.75) is 31.7 Å². The first-order valence-corrected chi connectivity index (χ1v) is 5.53. The van der Waals surface area contributed by atoms with Gasteiger partial charge in [-0.1, -0.05) is 0 Å². The van der Waals surface area contributed by atoms with E-state index in [1.165, 1.54) is 0 Å². The maximum atomic E-state index is 9.64. The second kappa shape index (κ2) is 8.29. The molecule has 1 unspecified atom stereocenters. The number of rotatable bonds is 4. The third-order valence-electron chi connectivity index (χ3n) is 2.45. The molecular weight excluding hydrogens is 242 g/mol. The summed E-state index contributed by atoms with van der Waals surface area (Å²) in [6.45, 7) is 0.931. The van der Waals surface area contributed by atoms with Crippen LogP contribution in [-0.4, -0.2) is 57.3 Å². The number of aliphatic hydroxyl groups is 1. The fourth-order valence-electron chi connectivity index (χ4n) is 1.56. The van der Waals surface area contributed by atoms with Crippen molar-refractivity contribution in [3.05, 3.63) is 0 Å². The summed E-state index contributed by atoms with van der Waals surface area (Å²) in [6, 6.07) is 0.0949. The predicted molar refractivity (Wildman–Crippen MR) is 63.2 cm³/mol. The van der Waals surface area contributed by atoms with Crippen LogP contribution < -0.4 is 5.73 Å². The van der Waals surface area contributed by atoms with Gasteiger partial charge in [0.05, 0.1) is 25.5 Å². The summed E-state index contributed by atoms with van der Waals surface area (Å²) in [6.07, 6.45) is 1.39. The van der Waals surface area contributed by atoms with Crippen molar-refractivity contribution in [2.75, 3.05) is 13.2 Å². The van der Waals surface area contributed by atoms with Crippen LogP contribution in [0.4, 0.5) is 0 Å². The van der Waals surface area contributed by atoms with Crippen LogP contribution in [0, 0.1) is 5.41 Å². The van der Waals surface area contributed by atoms with Crippen molar-refractivity contribution in [2.24, 2.45) is 5.73 Å². The van der Waals surface area contributed by atoms with Crippen molar-refractivity contribution in [1.29, 1.82) is 5.41 Å². The van der Waals surface area contributed by atoms with E-state index in [1.54, 1.807) is 4.90 Å². The molecule has 18 heavy (non-hydrogen) atoms. The molecule has 6 N–H and O–H groups in total. The minimum Gasteiger partial charge on any atom is -0.481 e. The van der Waals surface area contributed by atoms with Crippen LogP contribution in [0.1, 0.15) is 25.7 Å². The van der Waals surface area contributed by atoms with E-state index in [1.807, 2.05) is 0 Å². The van der Waals surface area contributed by atoms with Crippen molar-refractivity contribution in [1.82, 2.24) is 4.90 Å². The molecule has 1 fully saturated rings. The summed E-state index contributed by atoms with van der Waals surface area (Å²) in [5.41, 5.74) is 5.26. The molecule has 0 spiro atoms. The second-order valence-electron chi connectivity index (χ2n) is 3.84. The Kier molecular flexibility index (Phi) is 7.45. The van der Waals surface area contributed by atoms with Gasteiger partial charge in [0.2, 0.25) is 0 Å². The summed E-state index contributed by atoms with van der Waals surface area (Å²) in [5, 5.41) is 31.7. The Balaban J connectivity index is 0.000000331. The van der Waals surface area contributed by atoms with E-state index < -0.39 is 11.9 Å². The Morgan fingerprint density at radius 1 is 1.28 bits per heavy atom. The maximum Gasteiger partial charge on any atom is 0.303 e. The summed E-state index contributed by atoms with van der Waals surface area (Å²) in [5.74, 6) is -2.07. The van der Waals surface area contributed by atoms with Crippen molar-refractivity contribution in [3.8, 4) is 0 Å². The minimum absolute atomic E-state index is 0.0801. The average molecular weight is 261 g/mol. The van der Waals surface area contributed by atoms with Crippen LogP contribution in [0.3, 0.4) is 0 Å². The average Bonchev–Trinajstić information content (AvgIpc) is 2.75. The Bertz CT molecular complexity index is 294. The molecule has 1 heterocycles. The lowest BCUT2D eigenvalue weighted by Gasteiger charge is -2.22. The summed E-state index contributed by atoms with van der Waals surface area (Å²) in [7, 11) is 0. The maximum absolute atomic E-state index is 9.64. The molecule has 8 nitrogen and oxygen atoms in total. The van der Waals surface area contributed by atoms with Crippen molar-refractivity contribution < 1.29 is 24.9 Å². The SMILES string of the molecule is N=C(N)N1CCCC1CO.O=C(O)CCC(=O)O. The molecule has 1 rings (SSSR count). The summed E-state index contributed by atoms with van der Waals surface area (Å²) in [4.78, 5) is 21.0. The van der Waals surface area contributed by atoms with Crippen LogP contribution in [0.2, 0.25) is 0 Å². The third-order valence-corrected chi connectivity index (χ3v) is 2.45. The van der Waals surface area contributed by atoms with E-state index in [9.17, 15) is 9.59 Å². The molecular formula is C10H19N3O5. The molecule has 0 radical (unpaired) electrons. The largest absolute Gasteiger partial charge is 0.481 e. The predicted octanol–water partition coefficient (Wildman–Crippen LogP) is -0.728. The van der Waals surface area contributed by atoms with Crippen molar-refractivity contribution >= 4 is 17.9 Å². The van der Waals surface area contributed by atoms with Gasteiger partial charge in [0, 0.05) is 6.54 Å². The molecule has 1 aliphatic heterocycles. The van der Waals surface area contributed by atoms with Crippen LogP contribution in [-0.2, 0) is 9.59 Å². The fraction of sp³-hybridized carbons (Fsp3) is 0.700. The lowest BCUT2D eigenvalue weighted by molar-refractivity contribution is -0.143. The van der Waals surface area contributed by atoms with Gasteiger partial charge in [-0.05, 0) is 12.8 Å². The molecule has 0 aromatic heterocycles. The van der Waals surface area contributed by atoms with Gasteiger partial charge >= 0.3 is 11.9 Å². The second-order valence-corrected chi connectivity index (χ2v) is 3.84. The first-order valence-electron chi connectivity index (χ1n) is 5.53. The number of aliphatic carboxylic acids is 2. The van der Waals surface area contributed by atoms with Crippen LogP contribution in [0.5, 0.6) is 0 Å². The Labute approximate surface area is 105 Å². The van der Waals surface area contributed by atoms with Crippen LogP contribution in [0.25, 0.3) is 0 Å². The highest BCUT2D eigenvalue weighted by Gasteiger charge is 2.23. The van der Waals surface area contributed by atoms with Gasteiger partial charge in [0.25, 0.3) is 0 Å². The zero-order valence-corrected chi connectivity index (χ0v) is 10.0. The minimum atomic E-state index is -1.08. The third kappa shape index (κ3) is 6.69. The fourth-order valence-corrected chi connectivity index (χ4v) is 1.56. The van der Waals surface area contributed by atoms with Crippen LogP contribution in [0.15, 0.2) is 0 Å². The first kappa shape index (κ1) is 16.2. The number of carbonyl (C=O) groups is 2. The zero-order valence-electron chi connectivity index (χ0n) is 10.0. The number of nitrogens with zero attached hydrogens (tertiary/aromatic N) is 1. The van der Waals surface area contributed by atoms with E-state index in [0.717, 1.165) is 19.4 Å². The van der Waals surface area contributed by atoms with Gasteiger partial charge < -0.3 is 26.0 Å². The lowest BCUT2D eigenvalue weighted by Crippen LogP contribution is -2.41. The number of hydrogen-bond donors (Lipinski definition) is 5. The normalized spacial score (nSPS) is 17.8. The molecule has 104 valence electrons. The summed E-state index contributed by atoms with van der Waals surface area (Å²) >= 11 is 0. The number of carboxylic acids is 2. The number of nitrogens with two attached hydrogens (primary N) is 1. The smallest absolute Gasteiger partial charge is 0.303 e. The molecule has 1 atom stereocenters. The number of carboxylic acid groups (broad SMARTS) is 2. The topological polar surface area (TPSA) is 148 Å². The van der Waals surface area contributed by atoms with Gasteiger partial charge in [-0.15, -0.1) is 0 Å². The molecule has 0 aromatic rings. The van der Waals surface area contributed by atoms with Gasteiger partial charge in [0.1, 0.15) is 0 Å². The highest BCUT2D eigenvalue weighted by molar-refractivity contribution is 5.75. The number of aliphatic hydroxyl groups excluding tert-OH is 1. The molecule has 1 aliphatic rings. The zero-order chi connectivity index (χ0) is 14.1. The Morgan fingerprint density at radius 2 is 1.78 bits per heavy atom. The quantitative estimate of drug-likeness (QED) is 0.331. The molecule has 0 saturated carbocycles. The Hall–Kier alpha value is -1.83. The molecule has 0 aromatic carbocycles. The van der Waals surface area contributed by atoms with E-state index in [4.69, 9.17) is 26.5 Å². The molecule has 0 aliphatic carbocycles.